The Bertz CT molecular complexity index is 924. The summed E-state index contributed by atoms with van der Waals surface area (Å²) in [5.41, 5.74) is 3.02. The van der Waals surface area contributed by atoms with E-state index < -0.39 is 6.04 Å². The Balaban J connectivity index is 1.91. The molecule has 0 saturated heterocycles. The minimum absolute atomic E-state index is 0.126. The van der Waals surface area contributed by atoms with Crippen molar-refractivity contribution in [1.82, 2.24) is 14.8 Å². The molecule has 2 N–H and O–H groups in total. The quantitative estimate of drug-likeness (QED) is 0.676. The fourth-order valence-corrected chi connectivity index (χ4v) is 3.49. The molecule has 0 spiro atoms. The molecule has 0 aliphatic rings. The lowest BCUT2D eigenvalue weighted by atomic mass is 10.1. The minimum atomic E-state index is -0.478. The van der Waals surface area contributed by atoms with Gasteiger partial charge in [0.2, 0.25) is 5.91 Å². The van der Waals surface area contributed by atoms with Crippen LogP contribution < -0.4 is 5.32 Å². The molecule has 0 unspecified atom stereocenters. The Morgan fingerprint density at radius 1 is 1.33 bits per heavy atom. The number of benzene rings is 1. The van der Waals surface area contributed by atoms with Gasteiger partial charge in [0.05, 0.1) is 4.88 Å². The molecule has 0 bridgehead atoms. The Kier molecular flexibility index (Phi) is 4.64. The van der Waals surface area contributed by atoms with E-state index in [1.807, 2.05) is 56.5 Å². The molecule has 7 heteroatoms. The SMILES string of the molecule is Cc1cccc(NC(=O)[C@H](C)n2c(-c3cccs3)n[nH]c2=S)c1C. The Hall–Kier alpha value is -2.25. The second kappa shape index (κ2) is 6.70. The van der Waals surface area contributed by atoms with Crippen molar-refractivity contribution < 1.29 is 4.79 Å². The first kappa shape index (κ1) is 16.6. The summed E-state index contributed by atoms with van der Waals surface area (Å²) in [6.07, 6.45) is 0. The number of anilines is 1. The van der Waals surface area contributed by atoms with E-state index in [0.717, 1.165) is 21.7 Å². The van der Waals surface area contributed by atoms with Gasteiger partial charge in [-0.25, -0.2) is 0 Å². The molecule has 24 heavy (non-hydrogen) atoms. The number of nitrogens with one attached hydrogen (secondary N) is 2. The molecule has 0 aliphatic carbocycles. The van der Waals surface area contributed by atoms with Crippen LogP contribution in [0, 0.1) is 18.6 Å². The normalized spacial score (nSPS) is 12.1. The average Bonchev–Trinajstić information content (AvgIpc) is 3.20. The number of amides is 1. The van der Waals surface area contributed by atoms with Crippen LogP contribution in [0.15, 0.2) is 35.7 Å². The second-order valence-corrected chi connectivity index (χ2v) is 6.95. The molecule has 3 aromatic rings. The van der Waals surface area contributed by atoms with E-state index in [0.29, 0.717) is 10.6 Å². The highest BCUT2D eigenvalue weighted by molar-refractivity contribution is 7.71. The molecule has 5 nitrogen and oxygen atoms in total. The smallest absolute Gasteiger partial charge is 0.247 e. The van der Waals surface area contributed by atoms with Crippen molar-refractivity contribution in [2.75, 3.05) is 5.32 Å². The number of hydrogen-bond donors (Lipinski definition) is 2. The third-order valence-electron chi connectivity index (χ3n) is 4.08. The van der Waals surface area contributed by atoms with Crippen LogP contribution in [0.3, 0.4) is 0 Å². The summed E-state index contributed by atoms with van der Waals surface area (Å²) in [7, 11) is 0. The number of aromatic nitrogens is 3. The second-order valence-electron chi connectivity index (χ2n) is 5.61. The summed E-state index contributed by atoms with van der Waals surface area (Å²) in [5, 5.41) is 12.0. The molecule has 2 heterocycles. The van der Waals surface area contributed by atoms with Crippen molar-refractivity contribution in [2.24, 2.45) is 0 Å². The van der Waals surface area contributed by atoms with Crippen LogP contribution in [-0.4, -0.2) is 20.7 Å². The maximum Gasteiger partial charge on any atom is 0.247 e. The number of rotatable bonds is 4. The van der Waals surface area contributed by atoms with Crippen LogP contribution in [0.5, 0.6) is 0 Å². The lowest BCUT2D eigenvalue weighted by Gasteiger charge is -2.17. The van der Waals surface area contributed by atoms with Crippen LogP contribution in [0.4, 0.5) is 5.69 Å². The van der Waals surface area contributed by atoms with Crippen LogP contribution in [0.2, 0.25) is 0 Å². The minimum Gasteiger partial charge on any atom is -0.324 e. The number of carbonyl (C=O) groups excluding carboxylic acids is 1. The van der Waals surface area contributed by atoms with Gasteiger partial charge in [-0.05, 0) is 61.6 Å². The standard InChI is InChI=1S/C17H18N4OS2/c1-10-6-4-7-13(11(10)2)18-16(22)12(3)21-15(19-20-17(21)23)14-8-5-9-24-14/h4-9,12H,1-3H3,(H,18,22)(H,20,23)/t12-/m0/s1. The first-order chi connectivity index (χ1) is 11.5. The van der Waals surface area contributed by atoms with Gasteiger partial charge < -0.3 is 5.32 Å². The highest BCUT2D eigenvalue weighted by Crippen LogP contribution is 2.26. The first-order valence-corrected chi connectivity index (χ1v) is 8.85. The zero-order valence-corrected chi connectivity index (χ0v) is 15.3. The van der Waals surface area contributed by atoms with Gasteiger partial charge in [-0.2, -0.15) is 5.10 Å². The van der Waals surface area contributed by atoms with Crippen molar-refractivity contribution in [3.63, 3.8) is 0 Å². The van der Waals surface area contributed by atoms with Crippen molar-refractivity contribution >= 4 is 35.1 Å². The molecular formula is C17H18N4OS2. The molecule has 0 saturated carbocycles. The highest BCUT2D eigenvalue weighted by Gasteiger charge is 2.21. The van der Waals surface area contributed by atoms with Crippen LogP contribution in [0.1, 0.15) is 24.1 Å². The Morgan fingerprint density at radius 3 is 2.83 bits per heavy atom. The van der Waals surface area contributed by atoms with E-state index in [-0.39, 0.29) is 5.91 Å². The van der Waals surface area contributed by atoms with E-state index in [9.17, 15) is 4.79 Å². The molecule has 2 aromatic heterocycles. The highest BCUT2D eigenvalue weighted by atomic mass is 32.1. The summed E-state index contributed by atoms with van der Waals surface area (Å²) in [5.74, 6) is 0.553. The van der Waals surface area contributed by atoms with Gasteiger partial charge in [-0.1, -0.05) is 18.2 Å². The largest absolute Gasteiger partial charge is 0.324 e. The summed E-state index contributed by atoms with van der Waals surface area (Å²) in [6.45, 7) is 5.84. The summed E-state index contributed by atoms with van der Waals surface area (Å²) in [4.78, 5) is 13.7. The van der Waals surface area contributed by atoms with E-state index in [2.05, 4.69) is 15.5 Å². The van der Waals surface area contributed by atoms with Crippen molar-refractivity contribution in [3.05, 3.63) is 51.6 Å². The number of nitrogens with zero attached hydrogens (tertiary/aromatic N) is 2. The maximum atomic E-state index is 12.7. The van der Waals surface area contributed by atoms with Crippen molar-refractivity contribution in [2.45, 2.75) is 26.8 Å². The third-order valence-corrected chi connectivity index (χ3v) is 5.23. The number of hydrogen-bond acceptors (Lipinski definition) is 4. The zero-order valence-electron chi connectivity index (χ0n) is 13.7. The summed E-state index contributed by atoms with van der Waals surface area (Å²) >= 11 is 6.88. The van der Waals surface area contributed by atoms with Crippen LogP contribution in [0.25, 0.3) is 10.7 Å². The molecule has 1 atom stereocenters. The summed E-state index contributed by atoms with van der Waals surface area (Å²) in [6, 6.07) is 9.29. The van der Waals surface area contributed by atoms with E-state index in [1.54, 1.807) is 15.9 Å². The Morgan fingerprint density at radius 2 is 2.12 bits per heavy atom. The molecule has 1 amide bonds. The van der Waals surface area contributed by atoms with Gasteiger partial charge in [0.1, 0.15) is 6.04 Å². The fraction of sp³-hybridized carbons (Fsp3) is 0.235. The lowest BCUT2D eigenvalue weighted by Crippen LogP contribution is -2.24. The number of thiophene rings is 1. The van der Waals surface area contributed by atoms with E-state index >= 15 is 0 Å². The maximum absolute atomic E-state index is 12.7. The topological polar surface area (TPSA) is 62.7 Å². The van der Waals surface area contributed by atoms with Gasteiger partial charge in [0, 0.05) is 5.69 Å². The predicted molar refractivity (Wildman–Crippen MR) is 100.0 cm³/mol. The summed E-state index contributed by atoms with van der Waals surface area (Å²) < 4.78 is 2.18. The molecule has 0 fully saturated rings. The third kappa shape index (κ3) is 3.05. The molecule has 3 rings (SSSR count). The van der Waals surface area contributed by atoms with E-state index in [1.165, 1.54) is 0 Å². The van der Waals surface area contributed by atoms with Gasteiger partial charge in [-0.15, -0.1) is 11.3 Å². The number of aromatic amines is 1. The predicted octanol–water partition coefficient (Wildman–Crippen LogP) is 4.49. The van der Waals surface area contributed by atoms with E-state index in [4.69, 9.17) is 12.2 Å². The lowest BCUT2D eigenvalue weighted by molar-refractivity contribution is -0.118. The van der Waals surface area contributed by atoms with Gasteiger partial charge in [0.15, 0.2) is 10.6 Å². The Labute approximate surface area is 149 Å². The van der Waals surface area contributed by atoms with Gasteiger partial charge in [-0.3, -0.25) is 14.5 Å². The molecule has 0 aliphatic heterocycles. The zero-order chi connectivity index (χ0) is 17.3. The molecule has 1 aromatic carbocycles. The van der Waals surface area contributed by atoms with Crippen LogP contribution in [-0.2, 0) is 4.79 Å². The van der Waals surface area contributed by atoms with Crippen molar-refractivity contribution in [1.29, 1.82) is 0 Å². The molecular weight excluding hydrogens is 340 g/mol. The molecule has 124 valence electrons. The fourth-order valence-electron chi connectivity index (χ4n) is 2.48. The number of aryl methyl sites for hydroxylation is 1. The van der Waals surface area contributed by atoms with Crippen LogP contribution >= 0.6 is 23.6 Å². The van der Waals surface area contributed by atoms with Gasteiger partial charge >= 0.3 is 0 Å². The first-order valence-electron chi connectivity index (χ1n) is 7.57. The number of carbonyl (C=O) groups is 1. The number of H-pyrrole nitrogens is 1. The molecule has 0 radical (unpaired) electrons. The average molecular weight is 358 g/mol. The van der Waals surface area contributed by atoms with Crippen molar-refractivity contribution in [3.8, 4) is 10.7 Å². The monoisotopic (exact) mass is 358 g/mol. The van der Waals surface area contributed by atoms with Gasteiger partial charge in [0.25, 0.3) is 0 Å².